The lowest BCUT2D eigenvalue weighted by Gasteiger charge is -2.14. The Morgan fingerprint density at radius 1 is 1.44 bits per heavy atom. The highest BCUT2D eigenvalue weighted by Gasteiger charge is 2.21. The maximum Gasteiger partial charge on any atom is 0.201 e. The van der Waals surface area contributed by atoms with Crippen LogP contribution in [0.5, 0.6) is 0 Å². The lowest BCUT2D eigenvalue weighted by Crippen LogP contribution is -2.32. The molecule has 0 saturated carbocycles. The summed E-state index contributed by atoms with van der Waals surface area (Å²) in [6, 6.07) is 0. The van der Waals surface area contributed by atoms with Gasteiger partial charge in [-0.15, -0.1) is 0 Å². The van der Waals surface area contributed by atoms with Gasteiger partial charge in [0.05, 0.1) is 0 Å². The molecule has 1 aliphatic heterocycles. The van der Waals surface area contributed by atoms with Gasteiger partial charge in [-0.3, -0.25) is 5.73 Å². The monoisotopic (exact) mass is 125 g/mol. The van der Waals surface area contributed by atoms with Crippen LogP contribution in [0.2, 0.25) is 0 Å². The first-order valence-electron chi connectivity index (χ1n) is 3.15. The van der Waals surface area contributed by atoms with Crippen molar-refractivity contribution in [2.45, 2.75) is 25.6 Å². The summed E-state index contributed by atoms with van der Waals surface area (Å²) >= 11 is 0. The topological polar surface area (TPSA) is 50.7 Å². The van der Waals surface area contributed by atoms with Crippen LogP contribution >= 0.6 is 0 Å². The van der Waals surface area contributed by atoms with Gasteiger partial charge in [0.25, 0.3) is 0 Å². The van der Waals surface area contributed by atoms with Gasteiger partial charge in [-0.1, -0.05) is 13.3 Å². The molecule has 2 N–H and O–H groups in total. The fraction of sp³-hybridized carbons (Fsp3) is 0.667. The van der Waals surface area contributed by atoms with Crippen LogP contribution in [0.3, 0.4) is 0 Å². The molecule has 3 heteroatoms. The Bertz CT molecular complexity index is 136. The van der Waals surface area contributed by atoms with Crippen molar-refractivity contribution in [2.75, 3.05) is 0 Å². The molecule has 1 heterocycles. The minimum absolute atomic E-state index is 0.616. The average molecular weight is 125 g/mol. The third-order valence-corrected chi connectivity index (χ3v) is 1.28. The van der Waals surface area contributed by atoms with Gasteiger partial charge in [0.1, 0.15) is 0 Å². The number of nitrogens with zero attached hydrogens (tertiary/aromatic N) is 2. The molecule has 9 heavy (non-hydrogen) atoms. The minimum atomic E-state index is -0.616. The second-order valence-corrected chi connectivity index (χ2v) is 2.18. The maximum absolute atomic E-state index is 5.67. The first-order chi connectivity index (χ1) is 4.27. The summed E-state index contributed by atoms with van der Waals surface area (Å²) in [7, 11) is 0. The molecule has 3 nitrogen and oxygen atoms in total. The van der Waals surface area contributed by atoms with Crippen molar-refractivity contribution in [3.63, 3.8) is 0 Å². The van der Waals surface area contributed by atoms with E-state index in [1.165, 1.54) is 0 Å². The summed E-state index contributed by atoms with van der Waals surface area (Å²) < 4.78 is 0. The molecule has 0 amide bonds. The Hall–Kier alpha value is -0.700. The molecule has 0 atom stereocenters. The molecular weight excluding hydrogens is 114 g/mol. The summed E-state index contributed by atoms with van der Waals surface area (Å²) in [5, 5.41) is 0. The predicted octanol–water partition coefficient (Wildman–Crippen LogP) is 0.554. The normalized spacial score (nSPS) is 21.1. The Labute approximate surface area is 54.7 Å². The van der Waals surface area contributed by atoms with Crippen molar-refractivity contribution in [1.82, 2.24) is 0 Å². The Morgan fingerprint density at radius 2 is 2.00 bits per heavy atom. The van der Waals surface area contributed by atoms with Gasteiger partial charge < -0.3 is 0 Å². The first-order valence-corrected chi connectivity index (χ1v) is 3.15. The summed E-state index contributed by atoms with van der Waals surface area (Å²) in [5.74, 6) is -0.616. The molecule has 0 bridgehead atoms. The second-order valence-electron chi connectivity index (χ2n) is 2.18. The lowest BCUT2D eigenvalue weighted by molar-refractivity contribution is 0.437. The van der Waals surface area contributed by atoms with Crippen molar-refractivity contribution in [1.29, 1.82) is 0 Å². The van der Waals surface area contributed by atoms with E-state index in [9.17, 15) is 0 Å². The highest BCUT2D eigenvalue weighted by atomic mass is 15.2. The van der Waals surface area contributed by atoms with Crippen molar-refractivity contribution in [3.05, 3.63) is 0 Å². The van der Waals surface area contributed by atoms with E-state index in [2.05, 4.69) is 16.9 Å². The summed E-state index contributed by atoms with van der Waals surface area (Å²) in [6.45, 7) is 2.07. The molecule has 0 aromatic rings. The van der Waals surface area contributed by atoms with E-state index >= 15 is 0 Å². The lowest BCUT2D eigenvalue weighted by atomic mass is 10.2. The van der Waals surface area contributed by atoms with E-state index < -0.39 is 5.79 Å². The highest BCUT2D eigenvalue weighted by molar-refractivity contribution is 6.17. The molecule has 0 saturated heterocycles. The van der Waals surface area contributed by atoms with Crippen LogP contribution in [0, 0.1) is 0 Å². The third kappa shape index (κ3) is 1.36. The number of rotatable bonds is 2. The minimum Gasteiger partial charge on any atom is -0.288 e. The van der Waals surface area contributed by atoms with Crippen LogP contribution in [0.15, 0.2) is 9.98 Å². The molecule has 1 aliphatic rings. The van der Waals surface area contributed by atoms with Crippen LogP contribution in [0.25, 0.3) is 0 Å². The summed E-state index contributed by atoms with van der Waals surface area (Å²) in [4.78, 5) is 7.98. The number of nitrogens with two attached hydrogens (primary N) is 1. The van der Waals surface area contributed by atoms with E-state index in [4.69, 9.17) is 5.73 Å². The number of hydrogen-bond acceptors (Lipinski definition) is 3. The molecule has 0 aliphatic carbocycles. The third-order valence-electron chi connectivity index (χ3n) is 1.28. The smallest absolute Gasteiger partial charge is 0.201 e. The van der Waals surface area contributed by atoms with Gasteiger partial charge in [-0.05, 0) is 0 Å². The standard InChI is InChI=1S/C6H11N3/c1-2-3-6(7)8-4-5-9-6/h4-5H,2-3,7H2,1H3. The van der Waals surface area contributed by atoms with Crippen molar-refractivity contribution >= 4 is 12.4 Å². The number of aliphatic imine (C=N–C) groups is 2. The molecule has 50 valence electrons. The number of hydrogen-bond donors (Lipinski definition) is 1. The molecular formula is C6H11N3. The molecule has 0 fully saturated rings. The van der Waals surface area contributed by atoms with E-state index in [1.54, 1.807) is 12.4 Å². The Morgan fingerprint density at radius 3 is 2.44 bits per heavy atom. The van der Waals surface area contributed by atoms with Gasteiger partial charge in [-0.25, -0.2) is 9.98 Å². The van der Waals surface area contributed by atoms with Gasteiger partial charge in [-0.2, -0.15) is 0 Å². The predicted molar refractivity (Wildman–Crippen MR) is 38.8 cm³/mol. The van der Waals surface area contributed by atoms with Crippen LogP contribution in [0.1, 0.15) is 19.8 Å². The van der Waals surface area contributed by atoms with Crippen LogP contribution in [0.4, 0.5) is 0 Å². The fourth-order valence-corrected chi connectivity index (χ4v) is 0.855. The largest absolute Gasteiger partial charge is 0.288 e. The molecule has 0 spiro atoms. The average Bonchev–Trinajstić information content (AvgIpc) is 2.16. The molecule has 0 radical (unpaired) electrons. The zero-order valence-electron chi connectivity index (χ0n) is 5.54. The van der Waals surface area contributed by atoms with Crippen molar-refractivity contribution < 1.29 is 0 Å². The first kappa shape index (κ1) is 6.42. The van der Waals surface area contributed by atoms with E-state index in [0.29, 0.717) is 0 Å². The Kier molecular flexibility index (Phi) is 1.62. The molecule has 0 unspecified atom stereocenters. The fourth-order valence-electron chi connectivity index (χ4n) is 0.855. The zero-order chi connectivity index (χ0) is 6.74. The molecule has 1 rings (SSSR count). The van der Waals surface area contributed by atoms with Crippen molar-refractivity contribution in [3.8, 4) is 0 Å². The van der Waals surface area contributed by atoms with Crippen molar-refractivity contribution in [2.24, 2.45) is 15.7 Å². The maximum atomic E-state index is 5.67. The van der Waals surface area contributed by atoms with E-state index in [0.717, 1.165) is 12.8 Å². The van der Waals surface area contributed by atoms with E-state index in [1.807, 2.05) is 0 Å². The molecule has 0 aromatic carbocycles. The van der Waals surface area contributed by atoms with Crippen LogP contribution < -0.4 is 5.73 Å². The summed E-state index contributed by atoms with van der Waals surface area (Å²) in [6.07, 6.45) is 5.15. The van der Waals surface area contributed by atoms with Crippen LogP contribution in [-0.2, 0) is 0 Å². The molecule has 0 aromatic heterocycles. The quantitative estimate of drug-likeness (QED) is 0.575. The van der Waals surface area contributed by atoms with Gasteiger partial charge >= 0.3 is 0 Å². The van der Waals surface area contributed by atoms with Gasteiger partial charge in [0.15, 0.2) is 0 Å². The highest BCUT2D eigenvalue weighted by Crippen LogP contribution is 2.13. The zero-order valence-corrected chi connectivity index (χ0v) is 5.54. The summed E-state index contributed by atoms with van der Waals surface area (Å²) in [5.41, 5.74) is 5.67. The van der Waals surface area contributed by atoms with Gasteiger partial charge in [0.2, 0.25) is 5.79 Å². The Balaban J connectivity index is 2.53. The van der Waals surface area contributed by atoms with E-state index in [-0.39, 0.29) is 0 Å². The van der Waals surface area contributed by atoms with Crippen LogP contribution in [-0.4, -0.2) is 18.2 Å². The van der Waals surface area contributed by atoms with Gasteiger partial charge in [0, 0.05) is 18.9 Å². The SMILES string of the molecule is CCCC1(N)N=CC=N1. The second kappa shape index (κ2) is 2.27.